The Morgan fingerprint density at radius 3 is 2.32 bits per heavy atom. The lowest BCUT2D eigenvalue weighted by Crippen LogP contribution is -2.23. The minimum Gasteiger partial charge on any atom is -0.479 e. The number of halogens is 1. The second kappa shape index (κ2) is 8.58. The van der Waals surface area contributed by atoms with Crippen molar-refractivity contribution < 1.29 is 28.2 Å². The number of carbonyl (C=O) groups excluding carboxylic acids is 3. The van der Waals surface area contributed by atoms with Crippen LogP contribution in [0.1, 0.15) is 17.3 Å². The van der Waals surface area contributed by atoms with Gasteiger partial charge in [0.1, 0.15) is 0 Å². The molecule has 1 amide bonds. The highest BCUT2D eigenvalue weighted by Gasteiger charge is 2.10. The maximum atomic E-state index is 13.3. The monoisotopic (exact) mass is 345 g/mol. The number of ether oxygens (including phenoxy) is 2. The molecular weight excluding hydrogens is 329 g/mol. The minimum atomic E-state index is -0.801. The van der Waals surface area contributed by atoms with Crippen LogP contribution in [0.3, 0.4) is 0 Å². The molecule has 2 aromatic rings. The summed E-state index contributed by atoms with van der Waals surface area (Å²) >= 11 is 0. The number of ketones is 1. The van der Waals surface area contributed by atoms with Gasteiger partial charge < -0.3 is 14.8 Å². The number of Topliss-reactive ketones (excluding diaryl/α,β-unsaturated/α-hetero) is 1. The molecule has 25 heavy (non-hydrogen) atoms. The zero-order valence-corrected chi connectivity index (χ0v) is 13.5. The van der Waals surface area contributed by atoms with Crippen molar-refractivity contribution in [1.82, 2.24) is 0 Å². The first-order valence-corrected chi connectivity index (χ1v) is 7.39. The average Bonchev–Trinajstić information content (AvgIpc) is 2.59. The molecule has 0 fully saturated rings. The largest absolute Gasteiger partial charge is 0.479 e. The third-order valence-corrected chi connectivity index (χ3v) is 3.12. The predicted octanol–water partition coefficient (Wildman–Crippen LogP) is 2.59. The highest BCUT2D eigenvalue weighted by Crippen LogP contribution is 2.15. The van der Waals surface area contributed by atoms with Gasteiger partial charge in [-0.1, -0.05) is 12.1 Å². The van der Waals surface area contributed by atoms with Gasteiger partial charge >= 0.3 is 5.97 Å². The number of para-hydroxylation sites is 1. The van der Waals surface area contributed by atoms with Gasteiger partial charge in [0.05, 0.1) is 0 Å². The number of nitrogens with one attached hydrogen (secondary N) is 1. The van der Waals surface area contributed by atoms with Crippen LogP contribution in [-0.2, 0) is 14.3 Å². The molecule has 0 saturated heterocycles. The fraction of sp³-hybridized carbons (Fsp3) is 0.167. The lowest BCUT2D eigenvalue weighted by molar-refractivity contribution is -0.149. The van der Waals surface area contributed by atoms with E-state index in [0.29, 0.717) is 11.3 Å². The van der Waals surface area contributed by atoms with Crippen LogP contribution in [0.25, 0.3) is 0 Å². The highest BCUT2D eigenvalue weighted by molar-refractivity contribution is 5.96. The Kier molecular flexibility index (Phi) is 6.22. The summed E-state index contributed by atoms with van der Waals surface area (Å²) in [6.45, 7) is 0.422. The molecule has 0 aliphatic carbocycles. The van der Waals surface area contributed by atoms with Crippen LogP contribution < -0.4 is 10.1 Å². The second-order valence-electron chi connectivity index (χ2n) is 5.06. The fourth-order valence-electron chi connectivity index (χ4n) is 1.87. The van der Waals surface area contributed by atoms with Crippen LogP contribution >= 0.6 is 0 Å². The van der Waals surface area contributed by atoms with Crippen LogP contribution in [-0.4, -0.2) is 30.9 Å². The van der Waals surface area contributed by atoms with E-state index in [0.717, 1.165) is 0 Å². The first-order valence-electron chi connectivity index (χ1n) is 7.39. The highest BCUT2D eigenvalue weighted by atomic mass is 19.1. The number of hydrogen-bond acceptors (Lipinski definition) is 5. The normalized spacial score (nSPS) is 10.0. The number of anilines is 1. The first-order chi connectivity index (χ1) is 12.0. The maximum Gasteiger partial charge on any atom is 0.344 e. The summed E-state index contributed by atoms with van der Waals surface area (Å²) < 4.78 is 23.0. The van der Waals surface area contributed by atoms with E-state index in [4.69, 9.17) is 9.47 Å². The summed E-state index contributed by atoms with van der Waals surface area (Å²) in [5.74, 6) is -2.10. The van der Waals surface area contributed by atoms with Gasteiger partial charge in [0.25, 0.3) is 5.91 Å². The molecule has 0 atom stereocenters. The molecule has 0 aliphatic rings. The molecular formula is C18H16FNO5. The van der Waals surface area contributed by atoms with Crippen molar-refractivity contribution in [2.24, 2.45) is 0 Å². The molecule has 0 saturated carbocycles. The van der Waals surface area contributed by atoms with Gasteiger partial charge in [-0.3, -0.25) is 9.59 Å². The van der Waals surface area contributed by atoms with E-state index in [1.807, 2.05) is 0 Å². The molecule has 0 aromatic heterocycles. The SMILES string of the molecule is CC(=O)c1ccc(NC(=O)COC(=O)COc2ccccc2F)cc1. The second-order valence-corrected chi connectivity index (χ2v) is 5.06. The van der Waals surface area contributed by atoms with Crippen LogP contribution in [0, 0.1) is 5.82 Å². The van der Waals surface area contributed by atoms with E-state index in [9.17, 15) is 18.8 Å². The Balaban J connectivity index is 1.74. The minimum absolute atomic E-state index is 0.0746. The average molecular weight is 345 g/mol. The van der Waals surface area contributed by atoms with Crippen LogP contribution in [0.5, 0.6) is 5.75 Å². The maximum absolute atomic E-state index is 13.3. The summed E-state index contributed by atoms with van der Waals surface area (Å²) in [6.07, 6.45) is 0. The van der Waals surface area contributed by atoms with Gasteiger partial charge in [-0.15, -0.1) is 0 Å². The molecule has 0 heterocycles. The van der Waals surface area contributed by atoms with Crippen molar-refractivity contribution in [3.8, 4) is 5.75 Å². The number of hydrogen-bond donors (Lipinski definition) is 1. The van der Waals surface area contributed by atoms with Crippen molar-refractivity contribution >= 4 is 23.3 Å². The first kappa shape index (κ1) is 18.1. The van der Waals surface area contributed by atoms with E-state index >= 15 is 0 Å². The molecule has 1 N–H and O–H groups in total. The molecule has 6 nitrogen and oxygen atoms in total. The lowest BCUT2D eigenvalue weighted by atomic mass is 10.1. The van der Waals surface area contributed by atoms with Crippen LogP contribution in [0.15, 0.2) is 48.5 Å². The fourth-order valence-corrected chi connectivity index (χ4v) is 1.87. The molecule has 0 unspecified atom stereocenters. The zero-order chi connectivity index (χ0) is 18.2. The van der Waals surface area contributed by atoms with Gasteiger partial charge in [-0.05, 0) is 43.3 Å². The number of carbonyl (C=O) groups is 3. The van der Waals surface area contributed by atoms with E-state index < -0.39 is 30.9 Å². The molecule has 2 aromatic carbocycles. The van der Waals surface area contributed by atoms with Gasteiger partial charge in [-0.25, -0.2) is 9.18 Å². The Labute approximate surface area is 143 Å². The van der Waals surface area contributed by atoms with Crippen LogP contribution in [0.4, 0.5) is 10.1 Å². The molecule has 0 bridgehead atoms. The van der Waals surface area contributed by atoms with E-state index in [1.54, 1.807) is 30.3 Å². The standard InChI is InChI=1S/C18H16FNO5/c1-12(21)13-6-8-14(9-7-13)20-17(22)10-25-18(23)11-24-16-5-3-2-4-15(16)19/h2-9H,10-11H2,1H3,(H,20,22). The molecule has 130 valence electrons. The van der Waals surface area contributed by atoms with Crippen molar-refractivity contribution in [3.05, 3.63) is 59.9 Å². The summed E-state index contributed by atoms with van der Waals surface area (Å²) in [4.78, 5) is 34.4. The van der Waals surface area contributed by atoms with E-state index in [-0.39, 0.29) is 11.5 Å². The third-order valence-electron chi connectivity index (χ3n) is 3.12. The number of amides is 1. The van der Waals surface area contributed by atoms with Crippen LogP contribution in [0.2, 0.25) is 0 Å². The van der Waals surface area contributed by atoms with Crippen molar-refractivity contribution in [2.75, 3.05) is 18.5 Å². The summed E-state index contributed by atoms with van der Waals surface area (Å²) in [6, 6.07) is 11.9. The smallest absolute Gasteiger partial charge is 0.344 e. The Hall–Kier alpha value is -3.22. The Morgan fingerprint density at radius 1 is 1.00 bits per heavy atom. The Bertz CT molecular complexity index is 773. The topological polar surface area (TPSA) is 81.7 Å². The number of benzene rings is 2. The quantitative estimate of drug-likeness (QED) is 0.616. The molecule has 0 radical (unpaired) electrons. The zero-order valence-electron chi connectivity index (χ0n) is 13.5. The summed E-state index contributed by atoms with van der Waals surface area (Å²) in [5, 5.41) is 2.52. The lowest BCUT2D eigenvalue weighted by Gasteiger charge is -2.08. The predicted molar refractivity (Wildman–Crippen MR) is 87.9 cm³/mol. The van der Waals surface area contributed by atoms with Gasteiger partial charge in [-0.2, -0.15) is 0 Å². The summed E-state index contributed by atoms with van der Waals surface area (Å²) in [5.41, 5.74) is 0.989. The number of esters is 1. The molecule has 0 aliphatic heterocycles. The summed E-state index contributed by atoms with van der Waals surface area (Å²) in [7, 11) is 0. The Morgan fingerprint density at radius 2 is 1.68 bits per heavy atom. The number of rotatable bonds is 7. The van der Waals surface area contributed by atoms with Crippen molar-refractivity contribution in [3.63, 3.8) is 0 Å². The van der Waals surface area contributed by atoms with Crippen molar-refractivity contribution in [1.29, 1.82) is 0 Å². The third kappa shape index (κ3) is 5.72. The van der Waals surface area contributed by atoms with Gasteiger partial charge in [0.2, 0.25) is 0 Å². The van der Waals surface area contributed by atoms with Crippen molar-refractivity contribution in [2.45, 2.75) is 6.92 Å². The van der Waals surface area contributed by atoms with Gasteiger partial charge in [0.15, 0.2) is 30.6 Å². The molecule has 7 heteroatoms. The molecule has 0 spiro atoms. The van der Waals surface area contributed by atoms with E-state index in [1.165, 1.54) is 25.1 Å². The van der Waals surface area contributed by atoms with Gasteiger partial charge in [0, 0.05) is 11.3 Å². The van der Waals surface area contributed by atoms with E-state index in [2.05, 4.69) is 5.32 Å². The molecule has 2 rings (SSSR count).